The normalized spacial score (nSPS) is 20.2. The largest absolute Gasteiger partial charge is 0.381 e. The molecule has 2 atom stereocenters. The van der Waals surface area contributed by atoms with E-state index in [0.29, 0.717) is 36.2 Å². The molecule has 210 valence electrons. The lowest BCUT2D eigenvalue weighted by atomic mass is 9.96. The first kappa shape index (κ1) is 26.5. The quantitative estimate of drug-likeness (QED) is 0.343. The van der Waals surface area contributed by atoms with E-state index >= 15 is 8.78 Å². The summed E-state index contributed by atoms with van der Waals surface area (Å²) in [6.07, 6.45) is 7.70. The Hall–Kier alpha value is -3.67. The summed E-state index contributed by atoms with van der Waals surface area (Å²) in [4.78, 5) is 11.0. The number of hydrogen-bond acceptors (Lipinski definition) is 8. The Morgan fingerprint density at radius 1 is 1.10 bits per heavy atom. The molecule has 2 unspecified atom stereocenters. The Labute approximate surface area is 231 Å². The fourth-order valence-electron chi connectivity index (χ4n) is 5.59. The van der Waals surface area contributed by atoms with Crippen molar-refractivity contribution < 1.29 is 18.3 Å². The van der Waals surface area contributed by atoms with Crippen LogP contribution in [0.15, 0.2) is 48.9 Å². The molecule has 11 heteroatoms. The third-order valence-corrected chi connectivity index (χ3v) is 7.47. The van der Waals surface area contributed by atoms with Crippen LogP contribution in [-0.4, -0.2) is 58.0 Å². The topological polar surface area (TPSA) is 103 Å². The van der Waals surface area contributed by atoms with Crippen LogP contribution in [0.4, 0.5) is 26.1 Å². The third-order valence-electron chi connectivity index (χ3n) is 7.47. The van der Waals surface area contributed by atoms with Crippen LogP contribution in [0.2, 0.25) is 0 Å². The minimum atomic E-state index is -0.697. The predicted octanol–water partition coefficient (Wildman–Crippen LogP) is 4.68. The van der Waals surface area contributed by atoms with Crippen LogP contribution in [0.5, 0.6) is 0 Å². The number of aromatic nitrogens is 4. The fraction of sp³-hybridized carbons (Fsp3) is 0.414. The second-order valence-electron chi connectivity index (χ2n) is 10.7. The van der Waals surface area contributed by atoms with E-state index in [0.717, 1.165) is 43.7 Å². The average Bonchev–Trinajstić information content (AvgIpc) is 3.34. The molecule has 5 heterocycles. The van der Waals surface area contributed by atoms with E-state index in [1.807, 2.05) is 6.07 Å². The molecule has 2 fully saturated rings. The molecule has 0 bridgehead atoms. The first-order chi connectivity index (χ1) is 19.4. The first-order valence-corrected chi connectivity index (χ1v) is 13.7. The van der Waals surface area contributed by atoms with E-state index in [4.69, 9.17) is 15.2 Å². The molecule has 2 saturated heterocycles. The molecule has 1 aromatic carbocycles. The van der Waals surface area contributed by atoms with Gasteiger partial charge in [0, 0.05) is 38.5 Å². The summed E-state index contributed by atoms with van der Waals surface area (Å²) < 4.78 is 43.2. The number of hydrogen-bond donors (Lipinski definition) is 2. The molecular formula is C29H33F2N7O2. The van der Waals surface area contributed by atoms with Crippen molar-refractivity contribution in [3.63, 3.8) is 0 Å². The van der Waals surface area contributed by atoms with Gasteiger partial charge in [-0.3, -0.25) is 4.98 Å². The van der Waals surface area contributed by atoms with Gasteiger partial charge in [0.1, 0.15) is 11.6 Å². The van der Waals surface area contributed by atoms with Crippen molar-refractivity contribution in [1.29, 1.82) is 0 Å². The van der Waals surface area contributed by atoms with E-state index in [2.05, 4.69) is 32.2 Å². The maximum absolute atomic E-state index is 15.2. The van der Waals surface area contributed by atoms with E-state index in [9.17, 15) is 0 Å². The smallest absolute Gasteiger partial charge is 0.229 e. The van der Waals surface area contributed by atoms with Crippen LogP contribution >= 0.6 is 0 Å². The number of pyridine rings is 1. The minimum Gasteiger partial charge on any atom is -0.381 e. The molecule has 3 aromatic heterocycles. The summed E-state index contributed by atoms with van der Waals surface area (Å²) in [5, 5.41) is 7.87. The molecule has 40 heavy (non-hydrogen) atoms. The van der Waals surface area contributed by atoms with Gasteiger partial charge < -0.3 is 25.4 Å². The Bertz CT molecular complexity index is 1460. The number of ether oxygens (including phenoxy) is 2. The minimum absolute atomic E-state index is 0.0335. The highest BCUT2D eigenvalue weighted by atomic mass is 19.1. The zero-order valence-electron chi connectivity index (χ0n) is 22.4. The van der Waals surface area contributed by atoms with Crippen molar-refractivity contribution in [2.75, 3.05) is 36.5 Å². The highest BCUT2D eigenvalue weighted by molar-refractivity contribution is 5.74. The Kier molecular flexibility index (Phi) is 7.59. The van der Waals surface area contributed by atoms with Crippen molar-refractivity contribution in [2.45, 2.75) is 44.9 Å². The maximum atomic E-state index is 15.2. The molecule has 2 aliphatic heterocycles. The van der Waals surface area contributed by atoms with Gasteiger partial charge in [-0.25, -0.2) is 13.8 Å². The van der Waals surface area contributed by atoms with Crippen LogP contribution in [-0.2, 0) is 16.1 Å². The van der Waals surface area contributed by atoms with Gasteiger partial charge in [0.2, 0.25) is 5.95 Å². The molecule has 0 amide bonds. The van der Waals surface area contributed by atoms with Gasteiger partial charge in [-0.1, -0.05) is 6.92 Å². The number of nitrogens with two attached hydrogens (primary N) is 1. The summed E-state index contributed by atoms with van der Waals surface area (Å²) in [7, 11) is 0. The van der Waals surface area contributed by atoms with Gasteiger partial charge in [-0.2, -0.15) is 9.61 Å². The highest BCUT2D eigenvalue weighted by Gasteiger charge is 2.25. The van der Waals surface area contributed by atoms with E-state index in [-0.39, 0.29) is 30.0 Å². The number of imidazole rings is 1. The van der Waals surface area contributed by atoms with Gasteiger partial charge in [0.15, 0.2) is 0 Å². The Balaban J connectivity index is 1.26. The van der Waals surface area contributed by atoms with Crippen molar-refractivity contribution in [3.8, 4) is 11.3 Å². The van der Waals surface area contributed by atoms with Crippen LogP contribution in [0, 0.1) is 17.6 Å². The number of anilines is 3. The molecule has 3 N–H and O–H groups in total. The SMILES string of the molecule is CC1CC(N)CN(c2ccncc2Nc2ncc3ccc(-c4c(F)cc(COC5CCOCC5)cc4F)nn23)C1. The van der Waals surface area contributed by atoms with Crippen LogP contribution in [0.3, 0.4) is 0 Å². The molecule has 2 aliphatic rings. The lowest BCUT2D eigenvalue weighted by molar-refractivity contribution is -0.0391. The molecular weight excluding hydrogens is 516 g/mol. The summed E-state index contributed by atoms with van der Waals surface area (Å²) in [5.74, 6) is -0.525. The zero-order chi connectivity index (χ0) is 27.6. The molecule has 0 radical (unpaired) electrons. The summed E-state index contributed by atoms with van der Waals surface area (Å²) in [6.45, 7) is 5.22. The Morgan fingerprint density at radius 3 is 2.67 bits per heavy atom. The van der Waals surface area contributed by atoms with Gasteiger partial charge in [-0.15, -0.1) is 0 Å². The summed E-state index contributed by atoms with van der Waals surface area (Å²) in [6, 6.07) is 7.97. The molecule has 6 rings (SSSR count). The van der Waals surface area contributed by atoms with E-state index in [1.54, 1.807) is 30.7 Å². The average molecular weight is 550 g/mol. The van der Waals surface area contributed by atoms with Gasteiger partial charge in [0.05, 0.1) is 53.3 Å². The van der Waals surface area contributed by atoms with Crippen LogP contribution < -0.4 is 16.0 Å². The van der Waals surface area contributed by atoms with E-state index in [1.165, 1.54) is 16.6 Å². The standard InChI is InChI=1S/C29H33F2N7O2/c1-18-10-20(32)16-37(15-18)27-4-7-33-14-26(27)35-29-34-13-21-2-3-25(36-38(21)29)28-23(30)11-19(12-24(28)31)17-40-22-5-8-39-9-6-22/h2-4,7,11-14,18,20,22H,5-6,8-10,15-17,32H2,1H3,(H,34,35). The summed E-state index contributed by atoms with van der Waals surface area (Å²) >= 11 is 0. The number of halogens is 2. The highest BCUT2D eigenvalue weighted by Crippen LogP contribution is 2.32. The number of rotatable bonds is 7. The number of benzene rings is 1. The van der Waals surface area contributed by atoms with Crippen LogP contribution in [0.25, 0.3) is 16.8 Å². The van der Waals surface area contributed by atoms with Crippen molar-refractivity contribution in [1.82, 2.24) is 19.6 Å². The van der Waals surface area contributed by atoms with Crippen molar-refractivity contribution in [3.05, 3.63) is 66.1 Å². The summed E-state index contributed by atoms with van der Waals surface area (Å²) in [5.41, 5.74) is 9.06. The van der Waals surface area contributed by atoms with E-state index < -0.39 is 11.6 Å². The number of fused-ring (bicyclic) bond motifs is 1. The maximum Gasteiger partial charge on any atom is 0.229 e. The Morgan fingerprint density at radius 2 is 1.90 bits per heavy atom. The van der Waals surface area contributed by atoms with Crippen molar-refractivity contribution >= 4 is 22.8 Å². The van der Waals surface area contributed by atoms with Gasteiger partial charge in [-0.05, 0) is 61.1 Å². The number of nitrogens with one attached hydrogen (secondary N) is 1. The molecule has 0 spiro atoms. The lowest BCUT2D eigenvalue weighted by Gasteiger charge is -2.37. The predicted molar refractivity (Wildman–Crippen MR) is 148 cm³/mol. The first-order valence-electron chi connectivity index (χ1n) is 13.7. The second-order valence-corrected chi connectivity index (χ2v) is 10.7. The van der Waals surface area contributed by atoms with Crippen molar-refractivity contribution in [2.24, 2.45) is 11.7 Å². The van der Waals surface area contributed by atoms with Gasteiger partial charge in [0.25, 0.3) is 0 Å². The van der Waals surface area contributed by atoms with Crippen LogP contribution in [0.1, 0.15) is 31.7 Å². The number of piperidine rings is 1. The molecule has 4 aromatic rings. The van der Waals surface area contributed by atoms with Gasteiger partial charge >= 0.3 is 0 Å². The monoisotopic (exact) mass is 549 g/mol. The second kappa shape index (κ2) is 11.4. The molecule has 0 saturated carbocycles. The zero-order valence-corrected chi connectivity index (χ0v) is 22.4. The lowest BCUT2D eigenvalue weighted by Crippen LogP contribution is -2.46. The molecule has 9 nitrogen and oxygen atoms in total. The number of nitrogens with zero attached hydrogens (tertiary/aromatic N) is 5. The fourth-order valence-corrected chi connectivity index (χ4v) is 5.59. The molecule has 0 aliphatic carbocycles. The third kappa shape index (κ3) is 5.63.